The van der Waals surface area contributed by atoms with E-state index in [1.165, 1.54) is 11.8 Å². The number of piperidine rings is 1. The fourth-order valence-corrected chi connectivity index (χ4v) is 3.50. The molecule has 2 aliphatic rings. The number of rotatable bonds is 3. The summed E-state index contributed by atoms with van der Waals surface area (Å²) in [5.41, 5.74) is 1.67. The van der Waals surface area contributed by atoms with Crippen LogP contribution in [0.15, 0.2) is 16.2 Å². The van der Waals surface area contributed by atoms with Gasteiger partial charge in [0, 0.05) is 24.3 Å². The molecule has 0 radical (unpaired) electrons. The molecule has 0 bridgehead atoms. The zero-order valence-electron chi connectivity index (χ0n) is 20.2. The zero-order valence-corrected chi connectivity index (χ0v) is 20.2. The number of carbonyl (C=O) groups excluding carboxylic acids is 1. The third-order valence-corrected chi connectivity index (χ3v) is 5.90. The first kappa shape index (κ1) is 26.5. The number of halogens is 3. The SMILES string of the molecule is CC(=NC1CCCN(C(=O)OC(C)(C)C)C1)C(B1OC(C)(C)C(C)(C)O1)=C(N)C(F)(F)F. The molecule has 7 nitrogen and oxygen atoms in total. The third kappa shape index (κ3) is 6.18. The van der Waals surface area contributed by atoms with Crippen LogP contribution in [0.1, 0.15) is 68.2 Å². The highest BCUT2D eigenvalue weighted by Gasteiger charge is 2.55. The second-order valence-electron chi connectivity index (χ2n) is 10.4. The van der Waals surface area contributed by atoms with E-state index in [2.05, 4.69) is 4.99 Å². The predicted molar refractivity (Wildman–Crippen MR) is 117 cm³/mol. The molecule has 0 aromatic carbocycles. The Labute approximate surface area is 188 Å². The number of amides is 1. The van der Waals surface area contributed by atoms with E-state index in [0.717, 1.165) is 0 Å². The molecular weight excluding hydrogens is 426 g/mol. The fraction of sp³-hybridized carbons (Fsp3) is 0.810. The second-order valence-corrected chi connectivity index (χ2v) is 10.4. The number of nitrogens with zero attached hydrogens (tertiary/aromatic N) is 2. The van der Waals surface area contributed by atoms with E-state index in [0.29, 0.717) is 19.4 Å². The number of allylic oxidation sites excluding steroid dienone is 2. The number of hydrogen-bond donors (Lipinski definition) is 1. The summed E-state index contributed by atoms with van der Waals surface area (Å²) in [6.45, 7) is 14.5. The van der Waals surface area contributed by atoms with E-state index in [4.69, 9.17) is 19.8 Å². The quantitative estimate of drug-likeness (QED) is 0.502. The second kappa shape index (κ2) is 8.89. The topological polar surface area (TPSA) is 86.4 Å². The van der Waals surface area contributed by atoms with Gasteiger partial charge in [0.1, 0.15) is 11.3 Å². The molecule has 1 unspecified atom stereocenters. The molecular formula is C21H35BF3N3O4. The van der Waals surface area contributed by atoms with Crippen LogP contribution in [0, 0.1) is 0 Å². The molecule has 11 heteroatoms. The lowest BCUT2D eigenvalue weighted by molar-refractivity contribution is -0.0930. The van der Waals surface area contributed by atoms with Gasteiger partial charge in [-0.3, -0.25) is 4.99 Å². The molecule has 0 aliphatic carbocycles. The summed E-state index contributed by atoms with van der Waals surface area (Å²) in [4.78, 5) is 18.4. The van der Waals surface area contributed by atoms with Gasteiger partial charge in [0.05, 0.1) is 17.2 Å². The molecule has 2 fully saturated rings. The van der Waals surface area contributed by atoms with Crippen molar-refractivity contribution in [3.8, 4) is 0 Å². The van der Waals surface area contributed by atoms with Gasteiger partial charge in [-0.25, -0.2) is 4.79 Å². The van der Waals surface area contributed by atoms with Gasteiger partial charge < -0.3 is 24.7 Å². The number of aliphatic imine (C=N–C) groups is 1. The maximum atomic E-state index is 13.6. The Kier molecular flexibility index (Phi) is 7.36. The van der Waals surface area contributed by atoms with E-state index in [-0.39, 0.29) is 17.7 Å². The van der Waals surface area contributed by atoms with Crippen molar-refractivity contribution in [1.29, 1.82) is 0 Å². The lowest BCUT2D eigenvalue weighted by Crippen LogP contribution is -2.44. The van der Waals surface area contributed by atoms with Crippen LogP contribution in [0.25, 0.3) is 0 Å². The zero-order chi connectivity index (χ0) is 24.7. The number of likely N-dealkylation sites (tertiary alicyclic amines) is 1. The first-order chi connectivity index (χ1) is 14.3. The summed E-state index contributed by atoms with van der Waals surface area (Å²) in [7, 11) is -1.31. The first-order valence-corrected chi connectivity index (χ1v) is 10.8. The highest BCUT2D eigenvalue weighted by Crippen LogP contribution is 2.40. The molecule has 1 amide bonds. The lowest BCUT2D eigenvalue weighted by Gasteiger charge is -2.33. The molecule has 32 heavy (non-hydrogen) atoms. The highest BCUT2D eigenvalue weighted by molar-refractivity contribution is 6.62. The van der Waals surface area contributed by atoms with E-state index in [1.54, 1.807) is 48.5 Å². The van der Waals surface area contributed by atoms with Gasteiger partial charge in [-0.1, -0.05) is 0 Å². The summed E-state index contributed by atoms with van der Waals surface area (Å²) < 4.78 is 57.8. The van der Waals surface area contributed by atoms with Crippen LogP contribution in [-0.4, -0.2) is 65.9 Å². The van der Waals surface area contributed by atoms with Crippen LogP contribution in [0.5, 0.6) is 0 Å². The third-order valence-electron chi connectivity index (χ3n) is 5.90. The van der Waals surface area contributed by atoms with Crippen LogP contribution in [0.2, 0.25) is 0 Å². The molecule has 2 N–H and O–H groups in total. The Morgan fingerprint density at radius 2 is 1.69 bits per heavy atom. The van der Waals surface area contributed by atoms with Gasteiger partial charge >= 0.3 is 19.4 Å². The Hall–Kier alpha value is -1.75. The van der Waals surface area contributed by atoms with Crippen LogP contribution >= 0.6 is 0 Å². The van der Waals surface area contributed by atoms with E-state index in [9.17, 15) is 18.0 Å². The summed E-state index contributed by atoms with van der Waals surface area (Å²) in [6.07, 6.45) is -3.96. The molecule has 2 saturated heterocycles. The van der Waals surface area contributed by atoms with E-state index < -0.39 is 47.9 Å². The van der Waals surface area contributed by atoms with Crippen molar-refractivity contribution in [1.82, 2.24) is 4.90 Å². The van der Waals surface area contributed by atoms with Crippen LogP contribution in [0.4, 0.5) is 18.0 Å². The number of hydrogen-bond acceptors (Lipinski definition) is 6. The van der Waals surface area contributed by atoms with Crippen LogP contribution < -0.4 is 5.73 Å². The van der Waals surface area contributed by atoms with Crippen molar-refractivity contribution in [2.75, 3.05) is 13.1 Å². The van der Waals surface area contributed by atoms with Gasteiger partial charge in [0.2, 0.25) is 0 Å². The summed E-state index contributed by atoms with van der Waals surface area (Å²) in [5, 5.41) is 0. The fourth-order valence-electron chi connectivity index (χ4n) is 3.50. The lowest BCUT2D eigenvalue weighted by atomic mass is 9.73. The van der Waals surface area contributed by atoms with Crippen LogP contribution in [0.3, 0.4) is 0 Å². The highest BCUT2D eigenvalue weighted by atomic mass is 19.4. The van der Waals surface area contributed by atoms with Gasteiger partial charge in [-0.2, -0.15) is 13.2 Å². The molecule has 2 heterocycles. The van der Waals surface area contributed by atoms with Crippen molar-refractivity contribution in [2.24, 2.45) is 10.7 Å². The maximum absolute atomic E-state index is 13.6. The first-order valence-electron chi connectivity index (χ1n) is 10.8. The Bertz CT molecular complexity index is 772. The van der Waals surface area contributed by atoms with Crippen molar-refractivity contribution in [3.63, 3.8) is 0 Å². The average Bonchev–Trinajstić information content (AvgIpc) is 2.80. The number of carbonyl (C=O) groups is 1. The van der Waals surface area contributed by atoms with Gasteiger partial charge in [-0.05, 0) is 68.2 Å². The molecule has 2 rings (SSSR count). The summed E-state index contributed by atoms with van der Waals surface area (Å²) >= 11 is 0. The Morgan fingerprint density at radius 1 is 1.16 bits per heavy atom. The minimum Gasteiger partial charge on any atom is -0.444 e. The molecule has 0 aromatic rings. The Morgan fingerprint density at radius 3 is 2.16 bits per heavy atom. The number of alkyl halides is 3. The van der Waals surface area contributed by atoms with Gasteiger partial charge in [0.15, 0.2) is 0 Å². The maximum Gasteiger partial charge on any atom is 0.498 e. The van der Waals surface area contributed by atoms with E-state index >= 15 is 0 Å². The van der Waals surface area contributed by atoms with Gasteiger partial charge in [0.25, 0.3) is 0 Å². The van der Waals surface area contributed by atoms with Crippen LogP contribution in [-0.2, 0) is 14.0 Å². The van der Waals surface area contributed by atoms with E-state index in [1.807, 2.05) is 0 Å². The molecule has 182 valence electrons. The molecule has 0 spiro atoms. The normalized spacial score (nSPS) is 25.0. The minimum atomic E-state index is -4.77. The number of ether oxygens (including phenoxy) is 1. The summed E-state index contributed by atoms with van der Waals surface area (Å²) in [5.74, 6) is 0. The number of nitrogens with two attached hydrogens (primary N) is 1. The van der Waals surface area contributed by atoms with Gasteiger partial charge in [-0.15, -0.1) is 0 Å². The summed E-state index contributed by atoms with van der Waals surface area (Å²) in [6, 6.07) is -0.394. The monoisotopic (exact) mass is 461 g/mol. The molecule has 1 atom stereocenters. The van der Waals surface area contributed by atoms with Crippen molar-refractivity contribution in [2.45, 2.75) is 97.3 Å². The standard InChI is InChI=1S/C21H35BF3N3O4/c1-13(27-14-10-9-11-28(12-14)17(29)30-18(2,3)4)15(16(26)21(23,24)25)22-31-19(5,6)20(7,8)32-22/h14H,9-12,26H2,1-8H3. The molecule has 2 aliphatic heterocycles. The smallest absolute Gasteiger partial charge is 0.444 e. The van der Waals surface area contributed by atoms with Crippen molar-refractivity contribution < 1.29 is 32.0 Å². The van der Waals surface area contributed by atoms with Crippen molar-refractivity contribution >= 4 is 18.9 Å². The van der Waals surface area contributed by atoms with Crippen molar-refractivity contribution in [3.05, 3.63) is 11.2 Å². The predicted octanol–water partition coefficient (Wildman–Crippen LogP) is 4.25. The Balaban J connectivity index is 2.32. The molecule has 0 saturated carbocycles. The average molecular weight is 461 g/mol. The largest absolute Gasteiger partial charge is 0.498 e. The minimum absolute atomic E-state index is 0.0781. The molecule has 0 aromatic heterocycles.